The van der Waals surface area contributed by atoms with E-state index in [9.17, 15) is 4.79 Å². The molecule has 0 aromatic carbocycles. The molecule has 0 spiro atoms. The second kappa shape index (κ2) is 6.47. The van der Waals surface area contributed by atoms with Gasteiger partial charge in [0.25, 0.3) is 5.91 Å². The Morgan fingerprint density at radius 3 is 2.56 bits per heavy atom. The Labute approximate surface area is 110 Å². The van der Waals surface area contributed by atoms with Crippen molar-refractivity contribution >= 4 is 11.6 Å². The fraction of sp³-hybridized carbons (Fsp3) is 0.643. The Balaban J connectivity index is 3.00. The van der Waals surface area contributed by atoms with E-state index < -0.39 is 0 Å². The van der Waals surface area contributed by atoms with Gasteiger partial charge >= 0.3 is 0 Å². The molecular formula is C14H25N3O. The maximum atomic E-state index is 12.5. The van der Waals surface area contributed by atoms with Crippen molar-refractivity contribution in [2.24, 2.45) is 0 Å². The normalized spacial score (nSPS) is 10.9. The number of hydrogen-bond acceptors (Lipinski definition) is 2. The fourth-order valence-electron chi connectivity index (χ4n) is 2.12. The number of nitrogens with zero attached hydrogens (tertiary/aromatic N) is 2. The van der Waals surface area contributed by atoms with E-state index in [2.05, 4.69) is 13.8 Å². The van der Waals surface area contributed by atoms with Crippen LogP contribution in [0.3, 0.4) is 0 Å². The van der Waals surface area contributed by atoms with Gasteiger partial charge in [0.05, 0.1) is 5.69 Å². The average Bonchev–Trinajstić information content (AvgIpc) is 2.66. The van der Waals surface area contributed by atoms with Gasteiger partial charge in [0.1, 0.15) is 5.69 Å². The van der Waals surface area contributed by atoms with E-state index in [4.69, 9.17) is 5.73 Å². The van der Waals surface area contributed by atoms with Gasteiger partial charge in [0.15, 0.2) is 0 Å². The predicted molar refractivity (Wildman–Crippen MR) is 75.6 cm³/mol. The molecule has 1 rings (SSSR count). The largest absolute Gasteiger partial charge is 0.397 e. The number of amides is 1. The first-order valence-electron chi connectivity index (χ1n) is 6.77. The lowest BCUT2D eigenvalue weighted by Gasteiger charge is -2.26. The zero-order valence-electron chi connectivity index (χ0n) is 11.9. The highest BCUT2D eigenvalue weighted by atomic mass is 16.2. The van der Waals surface area contributed by atoms with Crippen LogP contribution in [0.1, 0.15) is 51.0 Å². The molecule has 1 heterocycles. The van der Waals surface area contributed by atoms with E-state index in [1.165, 1.54) is 0 Å². The summed E-state index contributed by atoms with van der Waals surface area (Å²) in [5, 5.41) is 0. The van der Waals surface area contributed by atoms with Crippen LogP contribution >= 0.6 is 0 Å². The predicted octanol–water partition coefficient (Wildman–Crippen LogP) is 2.74. The van der Waals surface area contributed by atoms with E-state index in [1.54, 1.807) is 6.07 Å². The molecule has 0 saturated carbocycles. The number of hydrogen-bond donors (Lipinski definition) is 1. The number of anilines is 1. The molecule has 1 aromatic rings. The summed E-state index contributed by atoms with van der Waals surface area (Å²) in [6.45, 7) is 9.89. The molecule has 0 bridgehead atoms. The van der Waals surface area contributed by atoms with Gasteiger partial charge in [-0.15, -0.1) is 0 Å². The van der Waals surface area contributed by atoms with Crippen molar-refractivity contribution in [2.75, 3.05) is 12.3 Å². The number of aryl methyl sites for hydroxylation is 1. The summed E-state index contributed by atoms with van der Waals surface area (Å²) in [6.07, 6.45) is 3.80. The maximum absolute atomic E-state index is 12.5. The van der Waals surface area contributed by atoms with Crippen molar-refractivity contribution in [3.8, 4) is 0 Å². The van der Waals surface area contributed by atoms with Crippen molar-refractivity contribution in [3.05, 3.63) is 18.0 Å². The third kappa shape index (κ3) is 3.28. The van der Waals surface area contributed by atoms with Crippen LogP contribution in [0.15, 0.2) is 12.3 Å². The lowest BCUT2D eigenvalue weighted by atomic mass is 10.2. The lowest BCUT2D eigenvalue weighted by molar-refractivity contribution is 0.0694. The first kappa shape index (κ1) is 14.6. The summed E-state index contributed by atoms with van der Waals surface area (Å²) in [7, 11) is 0. The van der Waals surface area contributed by atoms with Crippen molar-refractivity contribution in [2.45, 2.75) is 53.1 Å². The highest BCUT2D eigenvalue weighted by Crippen LogP contribution is 2.15. The smallest absolute Gasteiger partial charge is 0.270 e. The summed E-state index contributed by atoms with van der Waals surface area (Å²) in [5.74, 6) is 0.0806. The molecular weight excluding hydrogens is 226 g/mol. The molecule has 0 fully saturated rings. The van der Waals surface area contributed by atoms with Crippen molar-refractivity contribution in [1.82, 2.24) is 9.47 Å². The molecule has 0 aliphatic carbocycles. The highest BCUT2D eigenvalue weighted by molar-refractivity contribution is 5.94. The topological polar surface area (TPSA) is 51.3 Å². The van der Waals surface area contributed by atoms with Crippen LogP contribution in [-0.4, -0.2) is 28.0 Å². The molecule has 4 nitrogen and oxygen atoms in total. The minimum Gasteiger partial charge on any atom is -0.397 e. The van der Waals surface area contributed by atoms with E-state index in [0.717, 1.165) is 25.9 Å². The maximum Gasteiger partial charge on any atom is 0.270 e. The molecule has 0 atom stereocenters. The molecule has 0 unspecified atom stereocenters. The molecule has 1 amide bonds. The molecule has 0 aliphatic rings. The Morgan fingerprint density at radius 1 is 1.39 bits per heavy atom. The number of carbonyl (C=O) groups is 1. The zero-order valence-corrected chi connectivity index (χ0v) is 11.9. The zero-order chi connectivity index (χ0) is 13.7. The average molecular weight is 251 g/mol. The number of rotatable bonds is 6. The SMILES string of the molecule is CCCN(C(=O)c1cc(N)cn1CCC)C(C)C. The summed E-state index contributed by atoms with van der Waals surface area (Å²) < 4.78 is 1.96. The van der Waals surface area contributed by atoms with E-state index in [1.807, 2.05) is 29.5 Å². The molecule has 0 aliphatic heterocycles. The van der Waals surface area contributed by atoms with Gasteiger partial charge in [0.2, 0.25) is 0 Å². The van der Waals surface area contributed by atoms with Crippen molar-refractivity contribution in [3.63, 3.8) is 0 Å². The lowest BCUT2D eigenvalue weighted by Crippen LogP contribution is -2.38. The third-order valence-electron chi connectivity index (χ3n) is 2.95. The van der Waals surface area contributed by atoms with Crippen LogP contribution in [0, 0.1) is 0 Å². The molecule has 102 valence electrons. The first-order chi connectivity index (χ1) is 8.51. The van der Waals surface area contributed by atoms with Gasteiger partial charge < -0.3 is 15.2 Å². The van der Waals surface area contributed by atoms with Crippen molar-refractivity contribution < 1.29 is 4.79 Å². The van der Waals surface area contributed by atoms with Gasteiger partial charge in [-0.25, -0.2) is 0 Å². The summed E-state index contributed by atoms with van der Waals surface area (Å²) in [5.41, 5.74) is 7.17. The van der Waals surface area contributed by atoms with Crippen LogP contribution in [0.5, 0.6) is 0 Å². The van der Waals surface area contributed by atoms with E-state index in [-0.39, 0.29) is 11.9 Å². The summed E-state index contributed by atoms with van der Waals surface area (Å²) >= 11 is 0. The van der Waals surface area contributed by atoms with Gasteiger partial charge in [-0.3, -0.25) is 4.79 Å². The van der Waals surface area contributed by atoms with Crippen LogP contribution in [0.4, 0.5) is 5.69 Å². The van der Waals surface area contributed by atoms with Crippen LogP contribution < -0.4 is 5.73 Å². The summed E-state index contributed by atoms with van der Waals surface area (Å²) in [6, 6.07) is 1.99. The quantitative estimate of drug-likeness (QED) is 0.845. The van der Waals surface area contributed by atoms with Gasteiger partial charge in [-0.2, -0.15) is 0 Å². The second-order valence-corrected chi connectivity index (χ2v) is 4.94. The van der Waals surface area contributed by atoms with Crippen LogP contribution in [0.25, 0.3) is 0 Å². The molecule has 18 heavy (non-hydrogen) atoms. The van der Waals surface area contributed by atoms with Crippen molar-refractivity contribution in [1.29, 1.82) is 0 Å². The Bertz CT molecular complexity index is 396. The minimum atomic E-state index is 0.0806. The monoisotopic (exact) mass is 251 g/mol. The Hall–Kier alpha value is -1.45. The van der Waals surface area contributed by atoms with Gasteiger partial charge in [0, 0.05) is 25.3 Å². The first-order valence-corrected chi connectivity index (χ1v) is 6.77. The molecule has 4 heteroatoms. The Kier molecular flexibility index (Phi) is 5.25. The number of nitrogen functional groups attached to an aromatic ring is 1. The van der Waals surface area contributed by atoms with Gasteiger partial charge in [-0.05, 0) is 32.8 Å². The molecule has 0 radical (unpaired) electrons. The third-order valence-corrected chi connectivity index (χ3v) is 2.95. The molecule has 1 aromatic heterocycles. The van der Waals surface area contributed by atoms with Crippen LogP contribution in [0.2, 0.25) is 0 Å². The Morgan fingerprint density at radius 2 is 2.06 bits per heavy atom. The fourth-order valence-corrected chi connectivity index (χ4v) is 2.12. The summed E-state index contributed by atoms with van der Waals surface area (Å²) in [4.78, 5) is 14.4. The number of aromatic nitrogens is 1. The van der Waals surface area contributed by atoms with E-state index >= 15 is 0 Å². The van der Waals surface area contributed by atoms with Crippen LogP contribution in [-0.2, 0) is 6.54 Å². The van der Waals surface area contributed by atoms with E-state index in [0.29, 0.717) is 11.4 Å². The number of nitrogens with two attached hydrogens (primary N) is 1. The second-order valence-electron chi connectivity index (χ2n) is 4.94. The number of carbonyl (C=O) groups excluding carboxylic acids is 1. The van der Waals surface area contributed by atoms with Gasteiger partial charge in [-0.1, -0.05) is 13.8 Å². The minimum absolute atomic E-state index is 0.0806. The highest BCUT2D eigenvalue weighted by Gasteiger charge is 2.21. The standard InChI is InChI=1S/C14H25N3O/c1-5-7-16-10-12(15)9-13(16)14(18)17(8-6-2)11(3)4/h9-11H,5-8,15H2,1-4H3. The molecule has 2 N–H and O–H groups in total. The molecule has 0 saturated heterocycles.